The fourth-order valence-electron chi connectivity index (χ4n) is 1.19. The van der Waals surface area contributed by atoms with Crippen molar-refractivity contribution in [3.63, 3.8) is 0 Å². The second-order valence-electron chi connectivity index (χ2n) is 3.29. The van der Waals surface area contributed by atoms with Crippen molar-refractivity contribution in [1.29, 1.82) is 0 Å². The summed E-state index contributed by atoms with van der Waals surface area (Å²) in [6, 6.07) is 1.19. The Morgan fingerprint density at radius 1 is 1.27 bits per heavy atom. The van der Waals surface area contributed by atoms with E-state index < -0.39 is 0 Å². The molecule has 0 unspecified atom stereocenters. The van der Waals surface area contributed by atoms with Crippen LogP contribution in [0.3, 0.4) is 0 Å². The Kier molecular flexibility index (Phi) is 4.93. The van der Waals surface area contributed by atoms with Crippen molar-refractivity contribution in [2.24, 2.45) is 0 Å². The highest BCUT2D eigenvalue weighted by molar-refractivity contribution is 4.82. The van der Waals surface area contributed by atoms with Crippen molar-refractivity contribution in [2.45, 2.75) is 39.8 Å². The summed E-state index contributed by atoms with van der Waals surface area (Å²) in [5.41, 5.74) is 2.79. The summed E-state index contributed by atoms with van der Waals surface area (Å²) in [5.74, 6) is 0. The molecule has 0 radical (unpaired) electrons. The molecule has 1 nitrogen and oxygen atoms in total. The Morgan fingerprint density at radius 2 is 1.73 bits per heavy atom. The summed E-state index contributed by atoms with van der Waals surface area (Å²) in [6.45, 7) is 13.3. The fraction of sp³-hybridized carbons (Fsp3) is 0.700. The zero-order valence-electron chi connectivity index (χ0n) is 8.09. The average molecular weight is 153 g/mol. The van der Waals surface area contributed by atoms with Crippen LogP contribution < -0.4 is 0 Å². The van der Waals surface area contributed by atoms with Crippen molar-refractivity contribution < 1.29 is 0 Å². The SMILES string of the molecule is C=C=CCN(C(C)C)C(C)C. The zero-order valence-corrected chi connectivity index (χ0v) is 8.09. The monoisotopic (exact) mass is 153 g/mol. The Morgan fingerprint density at radius 3 is 2.00 bits per heavy atom. The average Bonchev–Trinajstić information content (AvgIpc) is 1.87. The van der Waals surface area contributed by atoms with Gasteiger partial charge in [0, 0.05) is 18.6 Å². The van der Waals surface area contributed by atoms with Crippen molar-refractivity contribution in [3.05, 3.63) is 18.4 Å². The molecule has 0 aromatic heterocycles. The van der Waals surface area contributed by atoms with Gasteiger partial charge in [0.2, 0.25) is 0 Å². The van der Waals surface area contributed by atoms with Crippen LogP contribution >= 0.6 is 0 Å². The van der Waals surface area contributed by atoms with E-state index in [-0.39, 0.29) is 0 Å². The minimum atomic E-state index is 0.597. The second-order valence-corrected chi connectivity index (χ2v) is 3.29. The van der Waals surface area contributed by atoms with E-state index in [0.29, 0.717) is 12.1 Å². The number of nitrogens with zero attached hydrogens (tertiary/aromatic N) is 1. The van der Waals surface area contributed by atoms with E-state index in [1.807, 2.05) is 6.08 Å². The van der Waals surface area contributed by atoms with Crippen LogP contribution in [0.4, 0.5) is 0 Å². The molecule has 64 valence electrons. The largest absolute Gasteiger partial charge is 0.294 e. The van der Waals surface area contributed by atoms with E-state index in [1.165, 1.54) is 0 Å². The maximum atomic E-state index is 3.54. The molecule has 0 aliphatic rings. The first kappa shape index (κ1) is 10.5. The van der Waals surface area contributed by atoms with Crippen LogP contribution in [0.5, 0.6) is 0 Å². The maximum absolute atomic E-state index is 3.54. The highest BCUT2D eigenvalue weighted by Gasteiger charge is 2.10. The van der Waals surface area contributed by atoms with Gasteiger partial charge in [0.15, 0.2) is 0 Å². The molecular weight excluding hydrogens is 134 g/mol. The Hall–Kier alpha value is -0.520. The molecule has 0 atom stereocenters. The van der Waals surface area contributed by atoms with Gasteiger partial charge in [-0.15, -0.1) is 5.73 Å². The molecule has 0 aromatic carbocycles. The predicted octanol–water partition coefficient (Wildman–Crippen LogP) is 2.45. The van der Waals surface area contributed by atoms with Gasteiger partial charge in [-0.3, -0.25) is 4.90 Å². The lowest BCUT2D eigenvalue weighted by Crippen LogP contribution is -2.36. The molecule has 0 aromatic rings. The molecule has 11 heavy (non-hydrogen) atoms. The van der Waals surface area contributed by atoms with E-state index in [9.17, 15) is 0 Å². The molecular formula is C10H19N. The van der Waals surface area contributed by atoms with Crippen LogP contribution in [-0.4, -0.2) is 23.5 Å². The van der Waals surface area contributed by atoms with Crippen LogP contribution in [-0.2, 0) is 0 Å². The molecule has 0 saturated heterocycles. The first-order valence-corrected chi connectivity index (χ1v) is 4.19. The smallest absolute Gasteiger partial charge is 0.0243 e. The van der Waals surface area contributed by atoms with Crippen LogP contribution in [0.15, 0.2) is 18.4 Å². The van der Waals surface area contributed by atoms with Crippen molar-refractivity contribution in [2.75, 3.05) is 6.54 Å². The molecule has 0 amide bonds. The molecule has 0 rings (SSSR count). The first-order chi connectivity index (χ1) is 5.09. The Bertz CT molecular complexity index is 133. The highest BCUT2D eigenvalue weighted by Crippen LogP contribution is 2.03. The quantitative estimate of drug-likeness (QED) is 0.561. The van der Waals surface area contributed by atoms with Gasteiger partial charge >= 0.3 is 0 Å². The molecule has 0 saturated carbocycles. The Balaban J connectivity index is 3.99. The van der Waals surface area contributed by atoms with Crippen molar-refractivity contribution in [1.82, 2.24) is 4.90 Å². The lowest BCUT2D eigenvalue weighted by Gasteiger charge is -2.28. The van der Waals surface area contributed by atoms with Gasteiger partial charge in [-0.25, -0.2) is 0 Å². The minimum Gasteiger partial charge on any atom is -0.294 e. The van der Waals surface area contributed by atoms with E-state index in [1.54, 1.807) is 0 Å². The molecule has 0 heterocycles. The lowest BCUT2D eigenvalue weighted by atomic mass is 10.2. The molecule has 0 aliphatic heterocycles. The topological polar surface area (TPSA) is 3.24 Å². The number of hydrogen-bond donors (Lipinski definition) is 0. The summed E-state index contributed by atoms with van der Waals surface area (Å²) in [4.78, 5) is 2.39. The van der Waals surface area contributed by atoms with Crippen LogP contribution in [0.2, 0.25) is 0 Å². The normalized spacial score (nSPS) is 10.8. The number of hydrogen-bond acceptors (Lipinski definition) is 1. The molecule has 0 bridgehead atoms. The minimum absolute atomic E-state index is 0.597. The lowest BCUT2D eigenvalue weighted by molar-refractivity contribution is 0.196. The summed E-state index contributed by atoms with van der Waals surface area (Å²) >= 11 is 0. The van der Waals surface area contributed by atoms with E-state index >= 15 is 0 Å². The molecule has 0 spiro atoms. The van der Waals surface area contributed by atoms with E-state index in [2.05, 4.69) is 44.9 Å². The first-order valence-electron chi connectivity index (χ1n) is 4.19. The third-order valence-electron chi connectivity index (χ3n) is 1.77. The van der Waals surface area contributed by atoms with Gasteiger partial charge in [0.05, 0.1) is 0 Å². The van der Waals surface area contributed by atoms with Crippen LogP contribution in [0, 0.1) is 0 Å². The predicted molar refractivity (Wildman–Crippen MR) is 50.7 cm³/mol. The second kappa shape index (κ2) is 5.17. The van der Waals surface area contributed by atoms with Gasteiger partial charge in [0.1, 0.15) is 0 Å². The van der Waals surface area contributed by atoms with Crippen LogP contribution in [0.25, 0.3) is 0 Å². The van der Waals surface area contributed by atoms with E-state index in [0.717, 1.165) is 6.54 Å². The standard InChI is InChI=1S/C10H19N/c1-6-7-8-11(9(2)3)10(4)5/h7,9-10H,1,8H2,2-5H3. The van der Waals surface area contributed by atoms with Gasteiger partial charge in [-0.05, 0) is 33.8 Å². The van der Waals surface area contributed by atoms with Gasteiger partial charge in [-0.1, -0.05) is 6.58 Å². The van der Waals surface area contributed by atoms with Gasteiger partial charge in [-0.2, -0.15) is 0 Å². The van der Waals surface area contributed by atoms with E-state index in [4.69, 9.17) is 0 Å². The van der Waals surface area contributed by atoms with Crippen molar-refractivity contribution in [3.8, 4) is 0 Å². The zero-order chi connectivity index (χ0) is 8.85. The van der Waals surface area contributed by atoms with Crippen LogP contribution in [0.1, 0.15) is 27.7 Å². The summed E-state index contributed by atoms with van der Waals surface area (Å²) < 4.78 is 0. The summed E-state index contributed by atoms with van der Waals surface area (Å²) in [7, 11) is 0. The summed E-state index contributed by atoms with van der Waals surface area (Å²) in [5, 5.41) is 0. The summed E-state index contributed by atoms with van der Waals surface area (Å²) in [6.07, 6.45) is 1.97. The maximum Gasteiger partial charge on any atom is 0.0243 e. The van der Waals surface area contributed by atoms with Gasteiger partial charge in [0.25, 0.3) is 0 Å². The van der Waals surface area contributed by atoms with Crippen molar-refractivity contribution >= 4 is 0 Å². The molecule has 1 heteroatoms. The molecule has 0 fully saturated rings. The highest BCUT2D eigenvalue weighted by atomic mass is 15.2. The van der Waals surface area contributed by atoms with Gasteiger partial charge < -0.3 is 0 Å². The Labute approximate surface area is 70.4 Å². The third kappa shape index (κ3) is 4.02. The number of rotatable bonds is 4. The third-order valence-corrected chi connectivity index (χ3v) is 1.77. The molecule has 0 N–H and O–H groups in total. The molecule has 0 aliphatic carbocycles. The fourth-order valence-corrected chi connectivity index (χ4v) is 1.19.